The lowest BCUT2D eigenvalue weighted by Crippen LogP contribution is -2.52. The van der Waals surface area contributed by atoms with Gasteiger partial charge in [0.2, 0.25) is 0 Å². The van der Waals surface area contributed by atoms with E-state index in [1.54, 1.807) is 0 Å². The van der Waals surface area contributed by atoms with Gasteiger partial charge < -0.3 is 0 Å². The van der Waals surface area contributed by atoms with Gasteiger partial charge in [0.15, 0.2) is 5.78 Å². The maximum atomic E-state index is 13.5. The Labute approximate surface area is 204 Å². The van der Waals surface area contributed by atoms with Gasteiger partial charge in [0, 0.05) is 35.4 Å². The largest absolute Gasteiger partial charge is 0.292 e. The molecule has 2 atom stereocenters. The molecule has 4 rings (SSSR count). The Morgan fingerprint density at radius 3 is 2.11 bits per heavy atom. The number of allylic oxidation sites excluding steroid dienone is 2. The number of hydrogen-bond donors (Lipinski definition) is 0. The Kier molecular flexibility index (Phi) is 6.43. The molecular weight excluding hydrogens is 472 g/mol. The van der Waals surface area contributed by atoms with Gasteiger partial charge in [-0.1, -0.05) is 29.8 Å². The summed E-state index contributed by atoms with van der Waals surface area (Å²) in [5.74, 6) is -4.43. The first-order valence-corrected chi connectivity index (χ1v) is 11.0. The Morgan fingerprint density at radius 2 is 1.50 bits per heavy atom. The van der Waals surface area contributed by atoms with Crippen molar-refractivity contribution in [2.45, 2.75) is 19.8 Å². The fourth-order valence-corrected chi connectivity index (χ4v) is 4.41. The van der Waals surface area contributed by atoms with Crippen LogP contribution in [0.3, 0.4) is 0 Å². The van der Waals surface area contributed by atoms with E-state index in [0.29, 0.717) is 22.9 Å². The highest BCUT2D eigenvalue weighted by Crippen LogP contribution is 2.38. The number of hydrazine groups is 1. The molecule has 0 N–H and O–H groups in total. The van der Waals surface area contributed by atoms with E-state index in [9.17, 15) is 39.4 Å². The highest BCUT2D eigenvalue weighted by Gasteiger charge is 2.51. The van der Waals surface area contributed by atoms with E-state index >= 15 is 0 Å². The van der Waals surface area contributed by atoms with Crippen LogP contribution in [0.5, 0.6) is 0 Å². The van der Waals surface area contributed by atoms with E-state index in [1.165, 1.54) is 36.4 Å². The summed E-state index contributed by atoms with van der Waals surface area (Å²) in [6.45, 7) is 1.04. The molecule has 12 nitrogen and oxygen atoms in total. The van der Waals surface area contributed by atoms with Crippen LogP contribution >= 0.6 is 0 Å². The highest BCUT2D eigenvalue weighted by molar-refractivity contribution is 6.10. The summed E-state index contributed by atoms with van der Waals surface area (Å²) in [6, 6.07) is 9.52. The summed E-state index contributed by atoms with van der Waals surface area (Å²) in [5, 5.41) is 23.7. The third kappa shape index (κ3) is 4.48. The second-order valence-electron chi connectivity index (χ2n) is 8.59. The predicted octanol–water partition coefficient (Wildman–Crippen LogP) is 3.08. The second-order valence-corrected chi connectivity index (χ2v) is 8.59. The maximum absolute atomic E-state index is 13.5. The lowest BCUT2D eigenvalue weighted by Gasteiger charge is -2.30. The predicted molar refractivity (Wildman–Crippen MR) is 123 cm³/mol. The summed E-state index contributed by atoms with van der Waals surface area (Å²) >= 11 is 0. The number of Topliss-reactive ketones (excluding diaryl/α,β-unsaturated/α-hetero) is 1. The van der Waals surface area contributed by atoms with Gasteiger partial charge in [0.1, 0.15) is 6.54 Å². The molecule has 0 spiro atoms. The van der Waals surface area contributed by atoms with E-state index in [-0.39, 0.29) is 16.8 Å². The van der Waals surface area contributed by atoms with Crippen LogP contribution in [-0.4, -0.2) is 49.9 Å². The number of ketones is 1. The number of fused-ring (bicyclic) bond motifs is 1. The molecule has 1 heterocycles. The summed E-state index contributed by atoms with van der Waals surface area (Å²) in [6.07, 6.45) is 2.47. The van der Waals surface area contributed by atoms with E-state index < -0.39 is 57.4 Å². The van der Waals surface area contributed by atoms with Crippen LogP contribution in [0.25, 0.3) is 0 Å². The molecule has 1 aliphatic carbocycles. The summed E-state index contributed by atoms with van der Waals surface area (Å²) in [4.78, 5) is 74.0. The summed E-state index contributed by atoms with van der Waals surface area (Å²) < 4.78 is 0. The van der Waals surface area contributed by atoms with Gasteiger partial charge in [-0.05, 0) is 25.8 Å². The molecule has 1 aliphatic heterocycles. The normalized spacial score (nSPS) is 18.9. The number of carbonyl (C=O) groups is 4. The zero-order valence-corrected chi connectivity index (χ0v) is 19.0. The van der Waals surface area contributed by atoms with Crippen molar-refractivity contribution in [2.24, 2.45) is 11.8 Å². The number of carbonyl (C=O) groups excluding carboxylic acids is 4. The SMILES string of the molecule is CC1=CC[C@H]2C(=O)N(N(CC(=O)c3cccc([N+](=O)[O-])c3)C(=O)c3cccc([N+](=O)[O-])c3)C(=O)[C@H]2C1. The zero-order chi connectivity index (χ0) is 26.1. The highest BCUT2D eigenvalue weighted by atomic mass is 16.6. The van der Waals surface area contributed by atoms with Crippen molar-refractivity contribution in [3.05, 3.63) is 91.5 Å². The van der Waals surface area contributed by atoms with Gasteiger partial charge in [0.25, 0.3) is 29.1 Å². The van der Waals surface area contributed by atoms with Gasteiger partial charge in [-0.25, -0.2) is 5.01 Å². The maximum Gasteiger partial charge on any atom is 0.273 e. The first kappa shape index (κ1) is 24.4. The van der Waals surface area contributed by atoms with Crippen LogP contribution in [0.1, 0.15) is 40.5 Å². The van der Waals surface area contributed by atoms with Gasteiger partial charge >= 0.3 is 0 Å². The van der Waals surface area contributed by atoms with Gasteiger partial charge in [-0.3, -0.25) is 39.4 Å². The fourth-order valence-electron chi connectivity index (χ4n) is 4.41. The third-order valence-corrected chi connectivity index (χ3v) is 6.25. The molecule has 2 aliphatic rings. The Morgan fingerprint density at radius 1 is 0.944 bits per heavy atom. The number of hydrogen-bond acceptors (Lipinski definition) is 8. The van der Waals surface area contributed by atoms with Crippen LogP contribution < -0.4 is 0 Å². The first-order chi connectivity index (χ1) is 17.1. The minimum atomic E-state index is -0.970. The van der Waals surface area contributed by atoms with Crippen LogP contribution in [0.4, 0.5) is 11.4 Å². The van der Waals surface area contributed by atoms with Crippen molar-refractivity contribution >= 4 is 34.9 Å². The van der Waals surface area contributed by atoms with Crippen molar-refractivity contribution in [2.75, 3.05) is 6.54 Å². The molecule has 0 saturated carbocycles. The second kappa shape index (κ2) is 9.49. The number of amides is 3. The van der Waals surface area contributed by atoms with Crippen LogP contribution in [0.2, 0.25) is 0 Å². The molecule has 3 amide bonds. The van der Waals surface area contributed by atoms with Crippen LogP contribution in [0, 0.1) is 32.1 Å². The zero-order valence-electron chi connectivity index (χ0n) is 19.0. The molecule has 36 heavy (non-hydrogen) atoms. The standard InChI is InChI=1S/C24H20N4O8/c1-14-8-9-19-20(10-14)24(32)26(23(19)31)25(22(30)16-5-3-7-18(12-16)28(35)36)13-21(29)15-4-2-6-17(11-15)27(33)34/h2-8,11-12,19-20H,9-10,13H2,1H3/t19-,20+/m1/s1. The van der Waals surface area contributed by atoms with E-state index in [1.807, 2.05) is 13.0 Å². The van der Waals surface area contributed by atoms with E-state index in [2.05, 4.69) is 0 Å². The van der Waals surface area contributed by atoms with E-state index in [0.717, 1.165) is 17.7 Å². The molecule has 2 aromatic rings. The average Bonchev–Trinajstić information content (AvgIpc) is 3.11. The third-order valence-electron chi connectivity index (χ3n) is 6.25. The van der Waals surface area contributed by atoms with Gasteiger partial charge in [-0.2, -0.15) is 5.01 Å². The number of benzene rings is 2. The molecule has 1 saturated heterocycles. The van der Waals surface area contributed by atoms with Crippen molar-refractivity contribution in [1.82, 2.24) is 10.0 Å². The molecule has 2 aromatic carbocycles. The molecule has 0 radical (unpaired) electrons. The monoisotopic (exact) mass is 492 g/mol. The molecule has 12 heteroatoms. The molecular formula is C24H20N4O8. The minimum Gasteiger partial charge on any atom is -0.292 e. The first-order valence-electron chi connectivity index (χ1n) is 11.0. The number of nitro benzene ring substituents is 2. The number of nitrogens with zero attached hydrogens (tertiary/aromatic N) is 4. The van der Waals surface area contributed by atoms with Crippen molar-refractivity contribution < 1.29 is 29.0 Å². The van der Waals surface area contributed by atoms with Crippen molar-refractivity contribution in [1.29, 1.82) is 0 Å². The Balaban J connectivity index is 1.73. The quantitative estimate of drug-likeness (QED) is 0.187. The molecule has 184 valence electrons. The number of non-ortho nitro benzene ring substituents is 2. The van der Waals surface area contributed by atoms with E-state index in [4.69, 9.17) is 0 Å². The van der Waals surface area contributed by atoms with Crippen molar-refractivity contribution in [3.63, 3.8) is 0 Å². The lowest BCUT2D eigenvalue weighted by molar-refractivity contribution is -0.385. The molecule has 0 aromatic heterocycles. The summed E-state index contributed by atoms with van der Waals surface area (Å²) in [5.41, 5.74) is -0.129. The van der Waals surface area contributed by atoms with Gasteiger partial charge in [-0.15, -0.1) is 0 Å². The Bertz CT molecular complexity index is 1350. The topological polar surface area (TPSA) is 161 Å². The molecule has 0 unspecified atom stereocenters. The fraction of sp³-hybridized carbons (Fsp3) is 0.250. The number of rotatable bonds is 7. The lowest BCUT2D eigenvalue weighted by atomic mass is 9.82. The van der Waals surface area contributed by atoms with Crippen LogP contribution in [-0.2, 0) is 9.59 Å². The van der Waals surface area contributed by atoms with Crippen molar-refractivity contribution in [3.8, 4) is 0 Å². The number of nitro groups is 2. The van der Waals surface area contributed by atoms with Gasteiger partial charge in [0.05, 0.1) is 21.7 Å². The Hall–Kier alpha value is -4.74. The molecule has 1 fully saturated rings. The number of imide groups is 1. The smallest absolute Gasteiger partial charge is 0.273 e. The average molecular weight is 492 g/mol. The minimum absolute atomic E-state index is 0.102. The van der Waals surface area contributed by atoms with Crippen LogP contribution in [0.15, 0.2) is 60.2 Å². The summed E-state index contributed by atoms with van der Waals surface area (Å²) in [7, 11) is 0. The molecule has 0 bridgehead atoms.